The van der Waals surface area contributed by atoms with E-state index in [-0.39, 0.29) is 19.1 Å². The zero-order valence-electron chi connectivity index (χ0n) is 22.7. The van der Waals surface area contributed by atoms with E-state index in [2.05, 4.69) is 13.8 Å². The molecule has 2 heterocycles. The topological polar surface area (TPSA) is 85.3 Å². The summed E-state index contributed by atoms with van der Waals surface area (Å²) in [5.41, 5.74) is 0. The molecule has 0 aliphatic carbocycles. The number of hydrogen-bond donors (Lipinski definition) is 1. The molecule has 1 aliphatic heterocycles. The fourth-order valence-corrected chi connectivity index (χ4v) is 6.14. The van der Waals surface area contributed by atoms with Crippen molar-refractivity contribution < 1.29 is 27.2 Å². The summed E-state index contributed by atoms with van der Waals surface area (Å²) >= 11 is 1.53. The number of fused-ring (bicyclic) bond motifs is 1. The Labute approximate surface area is 223 Å². The molecule has 1 aromatic heterocycles. The van der Waals surface area contributed by atoms with Gasteiger partial charge < -0.3 is 14.2 Å². The van der Waals surface area contributed by atoms with Crippen LogP contribution in [0.3, 0.4) is 0 Å². The van der Waals surface area contributed by atoms with Crippen LogP contribution < -0.4 is 9.47 Å². The van der Waals surface area contributed by atoms with Gasteiger partial charge in [-0.25, -0.2) is 0 Å². The van der Waals surface area contributed by atoms with Crippen LogP contribution in [0.25, 0.3) is 0 Å². The van der Waals surface area contributed by atoms with Crippen molar-refractivity contribution in [3.63, 3.8) is 0 Å². The molecule has 9 heteroatoms. The zero-order chi connectivity index (χ0) is 26.3. The van der Waals surface area contributed by atoms with Gasteiger partial charge in [0.1, 0.15) is 11.5 Å². The Morgan fingerprint density at radius 1 is 0.972 bits per heavy atom. The van der Waals surface area contributed by atoms with Crippen molar-refractivity contribution in [3.8, 4) is 11.5 Å². The van der Waals surface area contributed by atoms with Gasteiger partial charge in [0, 0.05) is 23.8 Å². The van der Waals surface area contributed by atoms with Gasteiger partial charge in [0.15, 0.2) is 17.6 Å². The van der Waals surface area contributed by atoms with Crippen LogP contribution in [0.4, 0.5) is 0 Å². The van der Waals surface area contributed by atoms with E-state index in [0.717, 1.165) is 37.2 Å². The highest BCUT2D eigenvalue weighted by molar-refractivity contribution is 7.87. The highest BCUT2D eigenvalue weighted by Crippen LogP contribution is 2.35. The highest BCUT2D eigenvalue weighted by atomic mass is 32.2. The number of rotatable bonds is 21. The summed E-state index contributed by atoms with van der Waals surface area (Å²) in [6, 6.07) is 0. The number of ether oxygens (including phenoxy) is 3. The van der Waals surface area contributed by atoms with E-state index >= 15 is 0 Å². The smallest absolute Gasteiger partial charge is 0.284 e. The van der Waals surface area contributed by atoms with Crippen molar-refractivity contribution in [1.29, 1.82) is 0 Å². The minimum Gasteiger partial charge on any atom is -0.485 e. The second kappa shape index (κ2) is 16.9. The SMILES string of the molecule is CCCCCCCCN(CCCCCCCC)C(C)(CCOCC1COc2cscc2O1)S(=O)(=O)O. The normalized spacial score (nSPS) is 17.4. The van der Waals surface area contributed by atoms with E-state index in [1.54, 1.807) is 6.92 Å². The quantitative estimate of drug-likeness (QED) is 0.132. The van der Waals surface area contributed by atoms with Crippen molar-refractivity contribution in [2.45, 2.75) is 115 Å². The molecule has 0 spiro atoms. The molecule has 2 unspecified atom stereocenters. The number of nitrogens with zero attached hydrogens (tertiary/aromatic N) is 1. The predicted octanol–water partition coefficient (Wildman–Crippen LogP) is 6.92. The summed E-state index contributed by atoms with van der Waals surface area (Å²) in [7, 11) is -4.31. The minimum atomic E-state index is -4.31. The van der Waals surface area contributed by atoms with Gasteiger partial charge in [0.05, 0.1) is 6.61 Å². The lowest BCUT2D eigenvalue weighted by atomic mass is 10.1. The molecule has 0 fully saturated rings. The Bertz CT molecular complexity index is 799. The van der Waals surface area contributed by atoms with E-state index in [4.69, 9.17) is 14.2 Å². The van der Waals surface area contributed by atoms with Crippen LogP contribution in [0.5, 0.6) is 11.5 Å². The van der Waals surface area contributed by atoms with E-state index in [0.29, 0.717) is 26.3 Å². The summed E-state index contributed by atoms with van der Waals surface area (Å²) in [6.07, 6.45) is 13.7. The van der Waals surface area contributed by atoms with Crippen LogP contribution in [0.1, 0.15) is 104 Å². The van der Waals surface area contributed by atoms with Crippen molar-refractivity contribution >= 4 is 21.5 Å². The molecule has 0 saturated heterocycles. The highest BCUT2D eigenvalue weighted by Gasteiger charge is 2.43. The standard InChI is InChI=1S/C27H49NO6S2/c1-4-6-8-10-12-14-17-28(18-15-13-11-9-7-5-2)27(3,36(29,30)31)16-19-32-20-24-21-33-25-22-35-23-26(25)34-24/h22-24H,4-21H2,1-3H3,(H,29,30,31). The van der Waals surface area contributed by atoms with Gasteiger partial charge >= 0.3 is 0 Å². The Morgan fingerprint density at radius 2 is 1.53 bits per heavy atom. The van der Waals surface area contributed by atoms with Gasteiger partial charge in [-0.1, -0.05) is 78.1 Å². The molecule has 1 aliphatic rings. The van der Waals surface area contributed by atoms with Crippen LogP contribution in [0, 0.1) is 0 Å². The van der Waals surface area contributed by atoms with Crippen molar-refractivity contribution in [2.75, 3.05) is 32.9 Å². The molecule has 1 N–H and O–H groups in total. The minimum absolute atomic E-state index is 0.203. The summed E-state index contributed by atoms with van der Waals surface area (Å²) in [5.74, 6) is 1.49. The largest absolute Gasteiger partial charge is 0.485 e. The molecule has 7 nitrogen and oxygen atoms in total. The van der Waals surface area contributed by atoms with Gasteiger partial charge in [-0.05, 0) is 32.9 Å². The number of thiophene rings is 1. The molecule has 210 valence electrons. The molecule has 0 aromatic carbocycles. The second-order valence-corrected chi connectivity index (χ2v) is 12.7. The fraction of sp³-hybridized carbons (Fsp3) is 0.852. The Morgan fingerprint density at radius 3 is 2.11 bits per heavy atom. The molecule has 1 aromatic rings. The Kier molecular flexibility index (Phi) is 14.7. The monoisotopic (exact) mass is 547 g/mol. The van der Waals surface area contributed by atoms with Gasteiger partial charge in [-0.3, -0.25) is 9.45 Å². The first-order valence-corrected chi connectivity index (χ1v) is 16.4. The molecule has 2 rings (SSSR count). The lowest BCUT2D eigenvalue weighted by molar-refractivity contribution is 0.000495. The average Bonchev–Trinajstić information content (AvgIpc) is 3.32. The van der Waals surface area contributed by atoms with Crippen LogP contribution in [0.15, 0.2) is 10.8 Å². The zero-order valence-corrected chi connectivity index (χ0v) is 24.3. The molecular weight excluding hydrogens is 498 g/mol. The summed E-state index contributed by atoms with van der Waals surface area (Å²) in [5, 5.41) is 3.81. The van der Waals surface area contributed by atoms with E-state index in [1.165, 1.54) is 62.7 Å². The van der Waals surface area contributed by atoms with E-state index in [1.807, 2.05) is 15.7 Å². The van der Waals surface area contributed by atoms with Crippen molar-refractivity contribution in [3.05, 3.63) is 10.8 Å². The van der Waals surface area contributed by atoms with E-state index < -0.39 is 15.0 Å². The fourth-order valence-electron chi connectivity index (χ4n) is 4.62. The molecule has 0 amide bonds. The second-order valence-electron chi connectivity index (χ2n) is 10.1. The van der Waals surface area contributed by atoms with Crippen molar-refractivity contribution in [1.82, 2.24) is 4.90 Å². The molecule has 0 bridgehead atoms. The summed E-state index contributed by atoms with van der Waals surface area (Å²) in [6.45, 7) is 8.32. The van der Waals surface area contributed by atoms with E-state index in [9.17, 15) is 13.0 Å². The predicted molar refractivity (Wildman–Crippen MR) is 148 cm³/mol. The van der Waals surface area contributed by atoms with Gasteiger partial charge in [-0.15, -0.1) is 11.3 Å². The molecular formula is C27H49NO6S2. The van der Waals surface area contributed by atoms with Gasteiger partial charge in [0.25, 0.3) is 10.1 Å². The molecule has 2 atom stereocenters. The third kappa shape index (κ3) is 10.5. The Hall–Kier alpha value is -0.870. The average molecular weight is 548 g/mol. The van der Waals surface area contributed by atoms with Crippen LogP contribution >= 0.6 is 11.3 Å². The first-order valence-electron chi connectivity index (χ1n) is 14.0. The molecule has 0 saturated carbocycles. The van der Waals surface area contributed by atoms with Crippen LogP contribution in [0.2, 0.25) is 0 Å². The molecule has 36 heavy (non-hydrogen) atoms. The van der Waals surface area contributed by atoms with Crippen molar-refractivity contribution in [2.24, 2.45) is 0 Å². The first-order chi connectivity index (χ1) is 17.3. The lowest BCUT2D eigenvalue weighted by Gasteiger charge is -2.39. The maximum atomic E-state index is 12.7. The van der Waals surface area contributed by atoms with Gasteiger partial charge in [-0.2, -0.15) is 8.42 Å². The third-order valence-corrected chi connectivity index (χ3v) is 9.39. The van der Waals surface area contributed by atoms with Gasteiger partial charge in [0.2, 0.25) is 0 Å². The Balaban J connectivity index is 1.90. The van der Waals surface area contributed by atoms with Crippen LogP contribution in [-0.2, 0) is 14.9 Å². The number of hydrogen-bond acceptors (Lipinski definition) is 7. The summed E-state index contributed by atoms with van der Waals surface area (Å²) < 4.78 is 53.1. The third-order valence-electron chi connectivity index (χ3n) is 7.11. The first kappa shape index (κ1) is 31.3. The lowest BCUT2D eigenvalue weighted by Crippen LogP contribution is -2.53. The maximum Gasteiger partial charge on any atom is 0.284 e. The van der Waals surface area contributed by atoms with Crippen LogP contribution in [-0.4, -0.2) is 61.8 Å². The molecule has 0 radical (unpaired) electrons. The maximum absolute atomic E-state index is 12.7. The summed E-state index contributed by atoms with van der Waals surface area (Å²) in [4.78, 5) is 0.619. The number of unbranched alkanes of at least 4 members (excludes halogenated alkanes) is 10.